The van der Waals surface area contributed by atoms with Crippen molar-refractivity contribution in [2.75, 3.05) is 18.5 Å². The van der Waals surface area contributed by atoms with E-state index in [1.54, 1.807) is 56.3 Å². The quantitative estimate of drug-likeness (QED) is 0.515. The Morgan fingerprint density at radius 2 is 1.72 bits per heavy atom. The number of esters is 1. The molecular weight excluding hydrogens is 412 g/mol. The minimum Gasteiger partial charge on any atom is -0.492 e. The van der Waals surface area contributed by atoms with Crippen LogP contribution in [0.2, 0.25) is 0 Å². The van der Waals surface area contributed by atoms with Crippen molar-refractivity contribution in [3.8, 4) is 11.5 Å². The molecule has 0 aliphatic rings. The summed E-state index contributed by atoms with van der Waals surface area (Å²) in [6.07, 6.45) is 0.708. The second kappa shape index (κ2) is 10.5. The highest BCUT2D eigenvalue weighted by Gasteiger charge is 2.18. The van der Waals surface area contributed by atoms with Crippen molar-refractivity contribution in [1.82, 2.24) is 4.57 Å². The Labute approximate surface area is 185 Å². The number of nitrogens with one attached hydrogen (secondary N) is 1. The van der Waals surface area contributed by atoms with Gasteiger partial charge in [0.05, 0.1) is 24.3 Å². The maximum atomic E-state index is 13.0. The molecule has 0 aliphatic heterocycles. The molecule has 1 aromatic heterocycles. The lowest BCUT2D eigenvalue weighted by atomic mass is 10.1. The molecule has 3 rings (SSSR count). The molecule has 8 heteroatoms. The Morgan fingerprint density at radius 1 is 0.969 bits per heavy atom. The molecule has 2 aromatic carbocycles. The van der Waals surface area contributed by atoms with Crippen molar-refractivity contribution in [3.63, 3.8) is 0 Å². The number of para-hydroxylation sites is 2. The summed E-state index contributed by atoms with van der Waals surface area (Å²) in [6.45, 7) is 5.72. The first-order chi connectivity index (χ1) is 15.4. The second-order valence-electron chi connectivity index (χ2n) is 6.96. The number of hydrogen-bond donors (Lipinski definition) is 1. The van der Waals surface area contributed by atoms with Gasteiger partial charge >= 0.3 is 5.97 Å². The summed E-state index contributed by atoms with van der Waals surface area (Å²) in [6, 6.07) is 13.8. The zero-order valence-electron chi connectivity index (χ0n) is 18.3. The maximum Gasteiger partial charge on any atom is 0.347 e. The van der Waals surface area contributed by atoms with Crippen LogP contribution in [0, 0.1) is 0 Å². The molecule has 1 heterocycles. The van der Waals surface area contributed by atoms with Crippen molar-refractivity contribution < 1.29 is 23.8 Å². The first-order valence-corrected chi connectivity index (χ1v) is 10.4. The largest absolute Gasteiger partial charge is 0.492 e. The fraction of sp³-hybridized carbons (Fsp3) is 0.292. The predicted molar refractivity (Wildman–Crippen MR) is 121 cm³/mol. The summed E-state index contributed by atoms with van der Waals surface area (Å²) in [5.74, 6) is 0.109. The molecule has 0 saturated carbocycles. The summed E-state index contributed by atoms with van der Waals surface area (Å²) in [7, 11) is 0. The van der Waals surface area contributed by atoms with Crippen LogP contribution in [0.4, 0.5) is 5.69 Å². The van der Waals surface area contributed by atoms with E-state index >= 15 is 0 Å². The topological polar surface area (TPSA) is 95.9 Å². The molecular formula is C24H26N2O6. The number of pyridine rings is 1. The third-order valence-electron chi connectivity index (χ3n) is 4.68. The standard InChI is InChI=1S/C24H26N2O6/c1-4-30-21-11-7-6-10-19(21)25-22(27)15-26-14-13-17-18(23(26)28)9-8-12-20(17)32-16(3)24(29)31-5-2/h6-14,16H,4-5,15H2,1-3H3,(H,25,27). The molecule has 1 atom stereocenters. The van der Waals surface area contributed by atoms with Crippen LogP contribution in [0.5, 0.6) is 11.5 Å². The number of rotatable bonds is 9. The number of carbonyl (C=O) groups is 2. The van der Waals surface area contributed by atoms with Gasteiger partial charge in [-0.05, 0) is 51.1 Å². The van der Waals surface area contributed by atoms with Crippen molar-refractivity contribution in [3.05, 3.63) is 65.1 Å². The number of ether oxygens (including phenoxy) is 3. The number of amides is 1. The summed E-state index contributed by atoms with van der Waals surface area (Å²) < 4.78 is 17.5. The molecule has 1 N–H and O–H groups in total. The van der Waals surface area contributed by atoms with Gasteiger partial charge in [0.25, 0.3) is 5.56 Å². The van der Waals surface area contributed by atoms with Crippen LogP contribution >= 0.6 is 0 Å². The first-order valence-electron chi connectivity index (χ1n) is 10.4. The van der Waals surface area contributed by atoms with Crippen LogP contribution in [0.1, 0.15) is 20.8 Å². The maximum absolute atomic E-state index is 13.0. The molecule has 1 amide bonds. The van der Waals surface area contributed by atoms with E-state index < -0.39 is 12.1 Å². The Balaban J connectivity index is 1.81. The zero-order chi connectivity index (χ0) is 23.1. The molecule has 0 aliphatic carbocycles. The number of nitrogens with zero attached hydrogens (tertiary/aromatic N) is 1. The van der Waals surface area contributed by atoms with Crippen molar-refractivity contribution in [1.29, 1.82) is 0 Å². The van der Waals surface area contributed by atoms with Gasteiger partial charge in [0.1, 0.15) is 18.0 Å². The molecule has 0 spiro atoms. The Morgan fingerprint density at radius 3 is 2.47 bits per heavy atom. The summed E-state index contributed by atoms with van der Waals surface area (Å²) in [5, 5.41) is 3.71. The fourth-order valence-electron chi connectivity index (χ4n) is 3.21. The number of benzene rings is 2. The molecule has 1 unspecified atom stereocenters. The first kappa shape index (κ1) is 22.9. The highest BCUT2D eigenvalue weighted by molar-refractivity contribution is 5.93. The van der Waals surface area contributed by atoms with E-state index in [1.165, 1.54) is 10.8 Å². The van der Waals surface area contributed by atoms with E-state index in [0.29, 0.717) is 34.6 Å². The Bertz CT molecular complexity index is 1170. The SMILES string of the molecule is CCOC(=O)C(C)Oc1cccc2c(=O)n(CC(=O)Nc3ccccc3OCC)ccc12. The molecule has 3 aromatic rings. The lowest BCUT2D eigenvalue weighted by Crippen LogP contribution is -2.28. The molecule has 168 valence electrons. The van der Waals surface area contributed by atoms with Gasteiger partial charge in [-0.3, -0.25) is 9.59 Å². The Kier molecular flexibility index (Phi) is 7.49. The summed E-state index contributed by atoms with van der Waals surface area (Å²) in [5.41, 5.74) is 0.196. The summed E-state index contributed by atoms with van der Waals surface area (Å²) >= 11 is 0. The van der Waals surface area contributed by atoms with Crippen molar-refractivity contribution >= 4 is 28.3 Å². The number of anilines is 1. The molecule has 0 radical (unpaired) electrons. The molecule has 0 bridgehead atoms. The lowest BCUT2D eigenvalue weighted by Gasteiger charge is -2.16. The van der Waals surface area contributed by atoms with E-state index in [0.717, 1.165) is 0 Å². The predicted octanol–water partition coefficient (Wildman–Crippen LogP) is 3.37. The molecule has 0 fully saturated rings. The lowest BCUT2D eigenvalue weighted by molar-refractivity contribution is -0.150. The van der Waals surface area contributed by atoms with E-state index in [-0.39, 0.29) is 24.6 Å². The van der Waals surface area contributed by atoms with Gasteiger partial charge in [0.15, 0.2) is 6.10 Å². The van der Waals surface area contributed by atoms with Crippen LogP contribution in [-0.4, -0.2) is 35.8 Å². The van der Waals surface area contributed by atoms with Crippen molar-refractivity contribution in [2.45, 2.75) is 33.4 Å². The highest BCUT2D eigenvalue weighted by Crippen LogP contribution is 2.25. The van der Waals surface area contributed by atoms with Gasteiger partial charge < -0.3 is 24.1 Å². The number of hydrogen-bond acceptors (Lipinski definition) is 6. The van der Waals surface area contributed by atoms with Gasteiger partial charge in [-0.1, -0.05) is 18.2 Å². The average molecular weight is 438 g/mol. The number of aromatic nitrogens is 1. The molecule has 0 saturated heterocycles. The van der Waals surface area contributed by atoms with Gasteiger partial charge in [0, 0.05) is 11.6 Å². The van der Waals surface area contributed by atoms with Gasteiger partial charge in [-0.15, -0.1) is 0 Å². The second-order valence-corrected chi connectivity index (χ2v) is 6.96. The zero-order valence-corrected chi connectivity index (χ0v) is 18.3. The van der Waals surface area contributed by atoms with E-state index in [2.05, 4.69) is 5.32 Å². The number of carbonyl (C=O) groups excluding carboxylic acids is 2. The van der Waals surface area contributed by atoms with Crippen molar-refractivity contribution in [2.24, 2.45) is 0 Å². The van der Waals surface area contributed by atoms with E-state index in [1.807, 2.05) is 13.0 Å². The third-order valence-corrected chi connectivity index (χ3v) is 4.68. The van der Waals surface area contributed by atoms with Gasteiger partial charge in [0.2, 0.25) is 5.91 Å². The van der Waals surface area contributed by atoms with E-state index in [9.17, 15) is 14.4 Å². The normalized spacial score (nSPS) is 11.6. The molecule has 8 nitrogen and oxygen atoms in total. The highest BCUT2D eigenvalue weighted by atomic mass is 16.6. The van der Waals surface area contributed by atoms with Gasteiger partial charge in [-0.25, -0.2) is 4.79 Å². The number of fused-ring (bicyclic) bond motifs is 1. The smallest absolute Gasteiger partial charge is 0.347 e. The minimum absolute atomic E-state index is 0.167. The fourth-order valence-corrected chi connectivity index (χ4v) is 3.21. The average Bonchev–Trinajstić information content (AvgIpc) is 2.77. The van der Waals surface area contributed by atoms with Crippen LogP contribution in [0.15, 0.2) is 59.5 Å². The van der Waals surface area contributed by atoms with E-state index in [4.69, 9.17) is 14.2 Å². The van der Waals surface area contributed by atoms with Crippen LogP contribution in [-0.2, 0) is 20.9 Å². The van der Waals surface area contributed by atoms with Crippen LogP contribution < -0.4 is 20.3 Å². The van der Waals surface area contributed by atoms with Crippen LogP contribution in [0.25, 0.3) is 10.8 Å². The van der Waals surface area contributed by atoms with Gasteiger partial charge in [-0.2, -0.15) is 0 Å². The van der Waals surface area contributed by atoms with Crippen LogP contribution in [0.3, 0.4) is 0 Å². The minimum atomic E-state index is -0.820. The summed E-state index contributed by atoms with van der Waals surface area (Å²) in [4.78, 5) is 37.4. The Hall–Kier alpha value is -3.81. The molecule has 32 heavy (non-hydrogen) atoms. The third kappa shape index (κ3) is 5.26. The monoisotopic (exact) mass is 438 g/mol.